The Morgan fingerprint density at radius 2 is 1.93 bits per heavy atom. The van der Waals surface area contributed by atoms with Gasteiger partial charge >= 0.3 is 0 Å². The molecule has 0 bridgehead atoms. The molecule has 0 heterocycles. The van der Waals surface area contributed by atoms with Gasteiger partial charge in [-0.2, -0.15) is 0 Å². The Hall–Kier alpha value is -0.930. The number of hydrogen-bond donors (Lipinski definition) is 1. The van der Waals surface area contributed by atoms with Gasteiger partial charge in [0.1, 0.15) is 5.82 Å². The molecular formula is C12H18FNO. The highest BCUT2D eigenvalue weighted by Gasteiger charge is 2.15. The summed E-state index contributed by atoms with van der Waals surface area (Å²) in [6, 6.07) is 6.73. The van der Waals surface area contributed by atoms with E-state index in [4.69, 9.17) is 0 Å². The van der Waals surface area contributed by atoms with Crippen LogP contribution in [0.4, 0.5) is 4.39 Å². The average Bonchev–Trinajstić information content (AvgIpc) is 2.20. The molecule has 2 nitrogen and oxygen atoms in total. The molecule has 1 aromatic rings. The monoisotopic (exact) mass is 211 g/mol. The largest absolute Gasteiger partial charge is 0.392 e. The molecule has 1 rings (SSSR count). The van der Waals surface area contributed by atoms with Gasteiger partial charge in [0.25, 0.3) is 0 Å². The standard InChI is InChI=1S/C12H18FNO/c1-9(10(2)15)14(3)8-11-6-4-5-7-12(11)13/h4-7,9-10,15H,8H2,1-3H3. The van der Waals surface area contributed by atoms with Gasteiger partial charge < -0.3 is 5.11 Å². The molecule has 0 fully saturated rings. The smallest absolute Gasteiger partial charge is 0.127 e. The van der Waals surface area contributed by atoms with Gasteiger partial charge in [-0.15, -0.1) is 0 Å². The molecule has 0 saturated heterocycles. The van der Waals surface area contributed by atoms with Crippen LogP contribution >= 0.6 is 0 Å². The van der Waals surface area contributed by atoms with Gasteiger partial charge in [-0.1, -0.05) is 18.2 Å². The summed E-state index contributed by atoms with van der Waals surface area (Å²) in [4.78, 5) is 1.93. The summed E-state index contributed by atoms with van der Waals surface area (Å²) in [6.07, 6.45) is -0.415. The first-order chi connectivity index (χ1) is 7.02. The van der Waals surface area contributed by atoms with Crippen molar-refractivity contribution in [2.75, 3.05) is 7.05 Å². The molecule has 0 amide bonds. The minimum absolute atomic E-state index is 0.0182. The van der Waals surface area contributed by atoms with E-state index in [0.29, 0.717) is 12.1 Å². The molecule has 2 unspecified atom stereocenters. The molecule has 1 aromatic carbocycles. The summed E-state index contributed by atoms with van der Waals surface area (Å²) >= 11 is 0. The highest BCUT2D eigenvalue weighted by molar-refractivity contribution is 5.17. The summed E-state index contributed by atoms with van der Waals surface area (Å²) in [5, 5.41) is 9.40. The van der Waals surface area contributed by atoms with Crippen LogP contribution in [0.25, 0.3) is 0 Å². The molecule has 0 radical (unpaired) electrons. The van der Waals surface area contributed by atoms with Gasteiger partial charge in [0.2, 0.25) is 0 Å². The lowest BCUT2D eigenvalue weighted by molar-refractivity contribution is 0.0822. The molecule has 84 valence electrons. The molecule has 0 aliphatic rings. The number of nitrogens with zero attached hydrogens (tertiary/aromatic N) is 1. The second kappa shape index (κ2) is 5.24. The molecule has 3 heteroatoms. The summed E-state index contributed by atoms with van der Waals surface area (Å²) in [5.74, 6) is -0.192. The zero-order chi connectivity index (χ0) is 11.4. The zero-order valence-electron chi connectivity index (χ0n) is 9.44. The lowest BCUT2D eigenvalue weighted by atomic mass is 10.1. The molecular weight excluding hydrogens is 193 g/mol. The molecule has 1 N–H and O–H groups in total. The van der Waals surface area contributed by atoms with E-state index in [1.165, 1.54) is 6.07 Å². The van der Waals surface area contributed by atoms with E-state index in [2.05, 4.69) is 0 Å². The van der Waals surface area contributed by atoms with E-state index in [1.807, 2.05) is 24.9 Å². The van der Waals surface area contributed by atoms with Crippen LogP contribution in [0.1, 0.15) is 19.4 Å². The maximum Gasteiger partial charge on any atom is 0.127 e. The van der Waals surface area contributed by atoms with Crippen LogP contribution in [-0.2, 0) is 6.54 Å². The minimum Gasteiger partial charge on any atom is -0.392 e. The third kappa shape index (κ3) is 3.29. The minimum atomic E-state index is -0.415. The Morgan fingerprint density at radius 1 is 1.33 bits per heavy atom. The molecule has 0 spiro atoms. The van der Waals surface area contributed by atoms with Crippen molar-refractivity contribution >= 4 is 0 Å². The van der Waals surface area contributed by atoms with Gasteiger partial charge in [-0.05, 0) is 27.0 Å². The molecule has 2 atom stereocenters. The van der Waals surface area contributed by atoms with Crippen molar-refractivity contribution in [2.24, 2.45) is 0 Å². The lowest BCUT2D eigenvalue weighted by Gasteiger charge is -2.27. The molecule has 15 heavy (non-hydrogen) atoms. The Kier molecular flexibility index (Phi) is 4.24. The topological polar surface area (TPSA) is 23.5 Å². The third-order valence-corrected chi connectivity index (χ3v) is 2.77. The van der Waals surface area contributed by atoms with E-state index in [-0.39, 0.29) is 11.9 Å². The fourth-order valence-electron chi connectivity index (χ4n) is 1.41. The Morgan fingerprint density at radius 3 is 2.47 bits per heavy atom. The number of benzene rings is 1. The highest BCUT2D eigenvalue weighted by Crippen LogP contribution is 2.11. The molecule has 0 aromatic heterocycles. The van der Waals surface area contributed by atoms with Gasteiger partial charge in [0, 0.05) is 18.2 Å². The van der Waals surface area contributed by atoms with Crippen LogP contribution < -0.4 is 0 Å². The van der Waals surface area contributed by atoms with E-state index in [9.17, 15) is 9.50 Å². The molecule has 0 saturated carbocycles. The fraction of sp³-hybridized carbons (Fsp3) is 0.500. The third-order valence-electron chi connectivity index (χ3n) is 2.77. The van der Waals surface area contributed by atoms with Crippen LogP contribution in [0, 0.1) is 5.82 Å². The van der Waals surface area contributed by atoms with Gasteiger partial charge in [-0.25, -0.2) is 4.39 Å². The van der Waals surface area contributed by atoms with Crippen molar-refractivity contribution in [2.45, 2.75) is 32.5 Å². The van der Waals surface area contributed by atoms with Crippen molar-refractivity contribution in [3.63, 3.8) is 0 Å². The molecule has 0 aliphatic heterocycles. The SMILES string of the molecule is CC(O)C(C)N(C)Cc1ccccc1F. The Labute approximate surface area is 90.3 Å². The van der Waals surface area contributed by atoms with Crippen molar-refractivity contribution in [3.8, 4) is 0 Å². The summed E-state index contributed by atoms with van der Waals surface area (Å²) in [5.41, 5.74) is 0.660. The van der Waals surface area contributed by atoms with Crippen molar-refractivity contribution in [1.82, 2.24) is 4.90 Å². The van der Waals surface area contributed by atoms with Crippen molar-refractivity contribution in [1.29, 1.82) is 0 Å². The van der Waals surface area contributed by atoms with Crippen molar-refractivity contribution in [3.05, 3.63) is 35.6 Å². The van der Waals surface area contributed by atoms with Crippen LogP contribution in [0.2, 0.25) is 0 Å². The van der Waals surface area contributed by atoms with E-state index in [1.54, 1.807) is 19.1 Å². The number of hydrogen-bond acceptors (Lipinski definition) is 2. The average molecular weight is 211 g/mol. The van der Waals surface area contributed by atoms with E-state index in [0.717, 1.165) is 0 Å². The normalized spacial score (nSPS) is 15.3. The van der Waals surface area contributed by atoms with Gasteiger partial charge in [0.05, 0.1) is 6.10 Å². The van der Waals surface area contributed by atoms with E-state index >= 15 is 0 Å². The highest BCUT2D eigenvalue weighted by atomic mass is 19.1. The quantitative estimate of drug-likeness (QED) is 0.823. The predicted molar refractivity (Wildman–Crippen MR) is 59.0 cm³/mol. The second-order valence-corrected chi connectivity index (χ2v) is 3.99. The second-order valence-electron chi connectivity index (χ2n) is 3.99. The van der Waals surface area contributed by atoms with E-state index < -0.39 is 6.10 Å². The van der Waals surface area contributed by atoms with Crippen LogP contribution in [-0.4, -0.2) is 29.2 Å². The predicted octanol–water partition coefficient (Wildman–Crippen LogP) is 2.03. The summed E-state index contributed by atoms with van der Waals surface area (Å²) < 4.78 is 13.3. The maximum atomic E-state index is 13.3. The number of aliphatic hydroxyl groups is 1. The van der Waals surface area contributed by atoms with Crippen molar-refractivity contribution < 1.29 is 9.50 Å². The Bertz CT molecular complexity index is 314. The first kappa shape index (κ1) is 12.1. The summed E-state index contributed by atoms with van der Waals surface area (Å²) in [7, 11) is 1.88. The van der Waals surface area contributed by atoms with Crippen LogP contribution in [0.5, 0.6) is 0 Å². The number of halogens is 1. The lowest BCUT2D eigenvalue weighted by Crippen LogP contribution is -2.37. The number of likely N-dealkylation sites (N-methyl/N-ethyl adjacent to an activating group) is 1. The Balaban J connectivity index is 2.66. The number of aliphatic hydroxyl groups excluding tert-OH is 1. The fourth-order valence-corrected chi connectivity index (χ4v) is 1.41. The first-order valence-corrected chi connectivity index (χ1v) is 5.14. The van der Waals surface area contributed by atoms with Crippen LogP contribution in [0.15, 0.2) is 24.3 Å². The molecule has 0 aliphatic carbocycles. The van der Waals surface area contributed by atoms with Gasteiger partial charge in [0.15, 0.2) is 0 Å². The summed E-state index contributed by atoms with van der Waals surface area (Å²) in [6.45, 7) is 4.17. The van der Waals surface area contributed by atoms with Gasteiger partial charge in [-0.3, -0.25) is 4.90 Å². The first-order valence-electron chi connectivity index (χ1n) is 5.14. The maximum absolute atomic E-state index is 13.3. The number of rotatable bonds is 4. The zero-order valence-corrected chi connectivity index (χ0v) is 9.44. The van der Waals surface area contributed by atoms with Crippen LogP contribution in [0.3, 0.4) is 0 Å².